The van der Waals surface area contributed by atoms with Crippen molar-refractivity contribution in [1.82, 2.24) is 24.8 Å². The molecule has 4 N–H and O–H groups in total. The van der Waals surface area contributed by atoms with Crippen molar-refractivity contribution in [1.29, 1.82) is 0 Å². The molecule has 0 unspecified atom stereocenters. The maximum Gasteiger partial charge on any atom is 0.222 e. The van der Waals surface area contributed by atoms with Gasteiger partial charge in [0.2, 0.25) is 11.9 Å². The van der Waals surface area contributed by atoms with Crippen LogP contribution in [0.2, 0.25) is 0 Å². The Kier molecular flexibility index (Phi) is 4.83. The molecule has 3 aromatic rings. The Bertz CT molecular complexity index is 843. The number of phenols is 1. The van der Waals surface area contributed by atoms with Gasteiger partial charge in [-0.2, -0.15) is 0 Å². The Balaban J connectivity index is 1.23. The highest BCUT2D eigenvalue weighted by atomic mass is 16.3. The number of fused-ring (bicyclic) bond motifs is 1. The van der Waals surface area contributed by atoms with Crippen molar-refractivity contribution >= 4 is 22.9 Å². The number of benzene rings is 1. The lowest BCUT2D eigenvalue weighted by atomic mass is 10.1. The van der Waals surface area contributed by atoms with Crippen molar-refractivity contribution in [2.75, 3.05) is 36.8 Å². The number of aromatic nitrogens is 4. The van der Waals surface area contributed by atoms with Crippen molar-refractivity contribution in [3.63, 3.8) is 0 Å². The molecule has 1 aromatic carbocycles. The van der Waals surface area contributed by atoms with Gasteiger partial charge in [0.05, 0.1) is 11.0 Å². The van der Waals surface area contributed by atoms with E-state index in [9.17, 15) is 5.11 Å². The third-order valence-corrected chi connectivity index (χ3v) is 4.67. The number of imidazole rings is 1. The number of aromatic hydroxyl groups is 1. The SMILES string of the molecule is Oc1ccc2nc(NC3CCN(CCNc4ncccn4)CC3)[nH]c2c1. The third kappa shape index (κ3) is 4.02. The average molecular weight is 353 g/mol. The van der Waals surface area contributed by atoms with Crippen molar-refractivity contribution in [2.45, 2.75) is 18.9 Å². The van der Waals surface area contributed by atoms with Crippen LogP contribution in [0.4, 0.5) is 11.9 Å². The molecule has 1 saturated heterocycles. The zero-order valence-corrected chi connectivity index (χ0v) is 14.5. The smallest absolute Gasteiger partial charge is 0.222 e. The predicted molar refractivity (Wildman–Crippen MR) is 101 cm³/mol. The van der Waals surface area contributed by atoms with E-state index in [1.807, 2.05) is 12.1 Å². The van der Waals surface area contributed by atoms with Gasteiger partial charge in [0.25, 0.3) is 0 Å². The Morgan fingerprint density at radius 2 is 2.00 bits per heavy atom. The van der Waals surface area contributed by atoms with Crippen molar-refractivity contribution in [3.05, 3.63) is 36.7 Å². The number of piperidine rings is 1. The number of hydrogen-bond donors (Lipinski definition) is 4. The van der Waals surface area contributed by atoms with E-state index >= 15 is 0 Å². The van der Waals surface area contributed by atoms with Crippen molar-refractivity contribution in [2.24, 2.45) is 0 Å². The van der Waals surface area contributed by atoms with Gasteiger partial charge in [-0.15, -0.1) is 0 Å². The molecule has 8 heteroatoms. The number of H-pyrrole nitrogens is 1. The van der Waals surface area contributed by atoms with Gasteiger partial charge in [-0.1, -0.05) is 0 Å². The first-order chi connectivity index (χ1) is 12.8. The lowest BCUT2D eigenvalue weighted by molar-refractivity contribution is 0.226. The molecule has 1 fully saturated rings. The molecule has 2 aromatic heterocycles. The van der Waals surface area contributed by atoms with Gasteiger partial charge in [-0.3, -0.25) is 0 Å². The minimum atomic E-state index is 0.246. The number of phenolic OH excluding ortho intramolecular Hbond substituents is 1. The lowest BCUT2D eigenvalue weighted by Gasteiger charge is -2.32. The molecule has 26 heavy (non-hydrogen) atoms. The van der Waals surface area contributed by atoms with E-state index in [1.54, 1.807) is 24.5 Å². The minimum absolute atomic E-state index is 0.246. The molecule has 0 bridgehead atoms. The van der Waals surface area contributed by atoms with Gasteiger partial charge in [0.15, 0.2) is 0 Å². The van der Waals surface area contributed by atoms with E-state index in [2.05, 4.69) is 35.5 Å². The summed E-state index contributed by atoms with van der Waals surface area (Å²) in [4.78, 5) is 18.5. The maximum atomic E-state index is 9.55. The summed E-state index contributed by atoms with van der Waals surface area (Å²) in [5, 5.41) is 16.3. The number of nitrogens with zero attached hydrogens (tertiary/aromatic N) is 4. The summed E-state index contributed by atoms with van der Waals surface area (Å²) < 4.78 is 0. The highest BCUT2D eigenvalue weighted by Crippen LogP contribution is 2.21. The normalized spacial score (nSPS) is 16.0. The summed E-state index contributed by atoms with van der Waals surface area (Å²) in [7, 11) is 0. The van der Waals surface area contributed by atoms with Crippen LogP contribution in [0.5, 0.6) is 5.75 Å². The van der Waals surface area contributed by atoms with E-state index in [1.165, 1.54) is 0 Å². The topological polar surface area (TPSA) is 102 Å². The number of anilines is 2. The second-order valence-corrected chi connectivity index (χ2v) is 6.55. The standard InChI is InChI=1S/C18H23N7O/c26-14-2-3-15-16(12-14)24-18(23-15)22-13-4-9-25(10-5-13)11-8-21-17-19-6-1-7-20-17/h1-3,6-7,12-13,26H,4-5,8-11H2,(H,19,20,21)(H2,22,23,24). The first-order valence-electron chi connectivity index (χ1n) is 8.95. The Labute approximate surface area is 151 Å². The van der Waals surface area contributed by atoms with E-state index in [-0.39, 0.29) is 5.75 Å². The molecule has 8 nitrogen and oxygen atoms in total. The molecule has 136 valence electrons. The Hall–Kier alpha value is -2.87. The summed E-state index contributed by atoms with van der Waals surface area (Å²) in [6, 6.07) is 7.39. The van der Waals surface area contributed by atoms with Gasteiger partial charge >= 0.3 is 0 Å². The van der Waals surface area contributed by atoms with Gasteiger partial charge < -0.3 is 25.6 Å². The maximum absolute atomic E-state index is 9.55. The second-order valence-electron chi connectivity index (χ2n) is 6.55. The molecule has 0 atom stereocenters. The molecule has 4 rings (SSSR count). The molecule has 1 aliphatic heterocycles. The quantitative estimate of drug-likeness (QED) is 0.538. The molecule has 0 aliphatic carbocycles. The molecule has 0 amide bonds. The van der Waals surface area contributed by atoms with Crippen LogP contribution in [0.1, 0.15) is 12.8 Å². The van der Waals surface area contributed by atoms with Crippen LogP contribution < -0.4 is 10.6 Å². The van der Waals surface area contributed by atoms with Crippen LogP contribution in [0.3, 0.4) is 0 Å². The van der Waals surface area contributed by atoms with E-state index in [0.29, 0.717) is 12.0 Å². The Morgan fingerprint density at radius 3 is 2.81 bits per heavy atom. The average Bonchev–Trinajstić information content (AvgIpc) is 3.05. The van der Waals surface area contributed by atoms with Crippen LogP contribution >= 0.6 is 0 Å². The van der Waals surface area contributed by atoms with Crippen molar-refractivity contribution < 1.29 is 5.11 Å². The fourth-order valence-electron chi connectivity index (χ4n) is 3.28. The number of likely N-dealkylation sites (tertiary alicyclic amines) is 1. The van der Waals surface area contributed by atoms with Crippen molar-refractivity contribution in [3.8, 4) is 5.75 Å². The fourth-order valence-corrected chi connectivity index (χ4v) is 3.28. The van der Waals surface area contributed by atoms with Crippen LogP contribution in [-0.4, -0.2) is 62.2 Å². The molecular weight excluding hydrogens is 330 g/mol. The first-order valence-corrected chi connectivity index (χ1v) is 8.95. The third-order valence-electron chi connectivity index (χ3n) is 4.67. The number of rotatable bonds is 6. The molecule has 0 spiro atoms. The summed E-state index contributed by atoms with van der Waals surface area (Å²) in [6.07, 6.45) is 5.63. The first kappa shape index (κ1) is 16.6. The summed E-state index contributed by atoms with van der Waals surface area (Å²) in [6.45, 7) is 3.93. The lowest BCUT2D eigenvalue weighted by Crippen LogP contribution is -2.41. The molecular formula is C18H23N7O. The van der Waals surface area contributed by atoms with E-state index in [0.717, 1.165) is 56.0 Å². The van der Waals surface area contributed by atoms with Gasteiger partial charge in [0.1, 0.15) is 5.75 Å². The van der Waals surface area contributed by atoms with Gasteiger partial charge in [-0.05, 0) is 31.0 Å². The van der Waals surface area contributed by atoms with Crippen LogP contribution in [0.25, 0.3) is 11.0 Å². The predicted octanol–water partition coefficient (Wildman–Crippen LogP) is 2.05. The van der Waals surface area contributed by atoms with E-state index in [4.69, 9.17) is 0 Å². The molecule has 3 heterocycles. The molecule has 0 saturated carbocycles. The fraction of sp³-hybridized carbons (Fsp3) is 0.389. The number of nitrogens with one attached hydrogen (secondary N) is 3. The number of hydrogen-bond acceptors (Lipinski definition) is 7. The summed E-state index contributed by atoms with van der Waals surface area (Å²) in [5.74, 6) is 1.70. The molecule has 1 aliphatic rings. The highest BCUT2D eigenvalue weighted by molar-refractivity contribution is 5.78. The Morgan fingerprint density at radius 1 is 1.19 bits per heavy atom. The largest absolute Gasteiger partial charge is 0.508 e. The monoisotopic (exact) mass is 353 g/mol. The second kappa shape index (κ2) is 7.57. The van der Waals surface area contributed by atoms with Crippen LogP contribution in [-0.2, 0) is 0 Å². The summed E-state index contributed by atoms with van der Waals surface area (Å²) >= 11 is 0. The van der Waals surface area contributed by atoms with Crippen LogP contribution in [0, 0.1) is 0 Å². The molecule has 0 radical (unpaired) electrons. The van der Waals surface area contributed by atoms with E-state index < -0.39 is 0 Å². The van der Waals surface area contributed by atoms with Gasteiger partial charge in [0, 0.05) is 50.7 Å². The van der Waals surface area contributed by atoms with Crippen LogP contribution in [0.15, 0.2) is 36.7 Å². The van der Waals surface area contributed by atoms with Gasteiger partial charge in [-0.25, -0.2) is 15.0 Å². The number of aromatic amines is 1. The summed E-state index contributed by atoms with van der Waals surface area (Å²) in [5.41, 5.74) is 1.70. The minimum Gasteiger partial charge on any atom is -0.508 e. The zero-order chi connectivity index (χ0) is 17.8. The highest BCUT2D eigenvalue weighted by Gasteiger charge is 2.19. The zero-order valence-electron chi connectivity index (χ0n) is 14.5.